The van der Waals surface area contributed by atoms with Crippen LogP contribution in [-0.2, 0) is 0 Å². The summed E-state index contributed by atoms with van der Waals surface area (Å²) in [6.45, 7) is 0. The Bertz CT molecular complexity index is 526. The first-order valence-electron chi connectivity index (χ1n) is 5.44. The van der Waals surface area contributed by atoms with Crippen LogP contribution in [0.15, 0.2) is 30.6 Å². The Morgan fingerprint density at radius 3 is 2.62 bits per heavy atom. The van der Waals surface area contributed by atoms with Gasteiger partial charge >= 0.3 is 0 Å². The van der Waals surface area contributed by atoms with Crippen molar-refractivity contribution >= 4 is 5.82 Å². The summed E-state index contributed by atoms with van der Waals surface area (Å²) in [5.41, 5.74) is 9.15. The van der Waals surface area contributed by atoms with E-state index in [-0.39, 0.29) is 0 Å². The van der Waals surface area contributed by atoms with Gasteiger partial charge < -0.3 is 11.6 Å². The molecule has 0 radical (unpaired) electrons. The first-order chi connectivity index (χ1) is 7.77. The predicted molar refractivity (Wildman–Crippen MR) is 64.2 cm³/mol. The van der Waals surface area contributed by atoms with Gasteiger partial charge in [-0.15, -0.1) is 0 Å². The molecule has 0 aliphatic heterocycles. The molecule has 16 heavy (non-hydrogen) atoms. The molecule has 0 amide bonds. The van der Waals surface area contributed by atoms with Crippen molar-refractivity contribution in [3.63, 3.8) is 0 Å². The molecule has 1 heterocycles. The summed E-state index contributed by atoms with van der Waals surface area (Å²) in [7, 11) is 0. The molecule has 4 N–H and O–H groups in total. The number of benzene rings is 1. The Hall–Kier alpha value is -1.97. The molecule has 4 nitrogen and oxygen atoms in total. The monoisotopic (exact) mass is 214 g/mol. The molecule has 1 saturated carbocycles. The summed E-state index contributed by atoms with van der Waals surface area (Å²) in [5, 5.41) is 0. The smallest absolute Gasteiger partial charge is 0.150 e. The topological polar surface area (TPSA) is 69.9 Å². The Kier molecular flexibility index (Phi) is 1.89. The standard InChI is InChI=1S/C12H14N4/c13-12-11(15-7-16(12)14)10-4-2-1-3-9(10)8-5-6-8/h1-4,7-8H,5-6,13-14H2. The zero-order chi connectivity index (χ0) is 11.1. The van der Waals surface area contributed by atoms with Crippen molar-refractivity contribution in [1.82, 2.24) is 9.66 Å². The average Bonchev–Trinajstić information content (AvgIpc) is 3.09. The summed E-state index contributed by atoms with van der Waals surface area (Å²) < 4.78 is 1.36. The lowest BCUT2D eigenvalue weighted by Crippen LogP contribution is -2.10. The van der Waals surface area contributed by atoms with Crippen LogP contribution in [0.2, 0.25) is 0 Å². The minimum atomic E-state index is 0.521. The molecule has 1 aliphatic rings. The van der Waals surface area contributed by atoms with Crippen LogP contribution in [-0.4, -0.2) is 9.66 Å². The van der Waals surface area contributed by atoms with Gasteiger partial charge in [-0.3, -0.25) is 0 Å². The van der Waals surface area contributed by atoms with E-state index in [1.807, 2.05) is 6.07 Å². The van der Waals surface area contributed by atoms with Crippen LogP contribution in [0.3, 0.4) is 0 Å². The van der Waals surface area contributed by atoms with E-state index in [4.69, 9.17) is 11.6 Å². The number of hydrogen-bond acceptors (Lipinski definition) is 3. The molecule has 0 bridgehead atoms. The SMILES string of the molecule is Nc1c(-c2ccccc2C2CC2)ncn1N. The van der Waals surface area contributed by atoms with E-state index in [0.717, 1.165) is 11.3 Å². The fourth-order valence-corrected chi connectivity index (χ4v) is 2.04. The van der Waals surface area contributed by atoms with Crippen LogP contribution in [0, 0.1) is 0 Å². The van der Waals surface area contributed by atoms with E-state index < -0.39 is 0 Å². The fraction of sp³-hybridized carbons (Fsp3) is 0.250. The number of nitrogens with two attached hydrogens (primary N) is 2. The molecule has 2 aromatic rings. The highest BCUT2D eigenvalue weighted by atomic mass is 15.3. The Morgan fingerprint density at radius 2 is 2.00 bits per heavy atom. The maximum absolute atomic E-state index is 5.90. The fourth-order valence-electron chi connectivity index (χ4n) is 2.04. The van der Waals surface area contributed by atoms with Gasteiger partial charge in [0.2, 0.25) is 0 Å². The van der Waals surface area contributed by atoms with Gasteiger partial charge in [-0.1, -0.05) is 24.3 Å². The van der Waals surface area contributed by atoms with Crippen molar-refractivity contribution < 1.29 is 0 Å². The lowest BCUT2D eigenvalue weighted by Gasteiger charge is -2.06. The Labute approximate surface area is 93.9 Å². The number of nitrogens with zero attached hydrogens (tertiary/aromatic N) is 2. The van der Waals surface area contributed by atoms with Gasteiger partial charge in [0.1, 0.15) is 12.0 Å². The third-order valence-corrected chi connectivity index (χ3v) is 3.07. The molecule has 0 unspecified atom stereocenters. The van der Waals surface area contributed by atoms with Crippen molar-refractivity contribution in [2.45, 2.75) is 18.8 Å². The summed E-state index contributed by atoms with van der Waals surface area (Å²) in [6, 6.07) is 8.29. The van der Waals surface area contributed by atoms with E-state index in [1.54, 1.807) is 6.33 Å². The highest BCUT2D eigenvalue weighted by Crippen LogP contribution is 2.44. The van der Waals surface area contributed by atoms with Crippen molar-refractivity contribution in [1.29, 1.82) is 0 Å². The van der Waals surface area contributed by atoms with Crippen molar-refractivity contribution in [3.05, 3.63) is 36.2 Å². The number of anilines is 1. The Morgan fingerprint density at radius 1 is 1.25 bits per heavy atom. The molecule has 82 valence electrons. The zero-order valence-corrected chi connectivity index (χ0v) is 8.93. The Balaban J connectivity index is 2.15. The molecule has 1 aliphatic carbocycles. The maximum atomic E-state index is 5.90. The van der Waals surface area contributed by atoms with E-state index in [0.29, 0.717) is 11.7 Å². The number of rotatable bonds is 2. The third-order valence-electron chi connectivity index (χ3n) is 3.07. The first-order valence-corrected chi connectivity index (χ1v) is 5.44. The maximum Gasteiger partial charge on any atom is 0.150 e. The molecule has 1 aromatic heterocycles. The van der Waals surface area contributed by atoms with Crippen molar-refractivity contribution in [2.75, 3.05) is 11.6 Å². The summed E-state index contributed by atoms with van der Waals surface area (Å²) in [4.78, 5) is 4.27. The minimum Gasteiger partial charge on any atom is -0.382 e. The molecular formula is C12H14N4. The predicted octanol–water partition coefficient (Wildman–Crippen LogP) is 1.72. The lowest BCUT2D eigenvalue weighted by atomic mass is 10.0. The summed E-state index contributed by atoms with van der Waals surface area (Å²) >= 11 is 0. The summed E-state index contributed by atoms with van der Waals surface area (Å²) in [6.07, 6.45) is 4.08. The van der Waals surface area contributed by atoms with Crippen LogP contribution in [0.4, 0.5) is 5.82 Å². The van der Waals surface area contributed by atoms with E-state index in [1.165, 1.54) is 23.1 Å². The van der Waals surface area contributed by atoms with Gasteiger partial charge in [0.25, 0.3) is 0 Å². The highest BCUT2D eigenvalue weighted by molar-refractivity contribution is 5.74. The second-order valence-electron chi connectivity index (χ2n) is 4.25. The summed E-state index contributed by atoms with van der Waals surface area (Å²) in [5.74, 6) is 6.85. The van der Waals surface area contributed by atoms with Gasteiger partial charge in [0, 0.05) is 5.56 Å². The molecule has 4 heteroatoms. The molecule has 1 aromatic carbocycles. The minimum absolute atomic E-state index is 0.521. The number of imidazole rings is 1. The molecule has 0 saturated heterocycles. The largest absolute Gasteiger partial charge is 0.382 e. The molecule has 0 spiro atoms. The second kappa shape index (κ2) is 3.27. The van der Waals surface area contributed by atoms with Crippen LogP contribution in [0.5, 0.6) is 0 Å². The van der Waals surface area contributed by atoms with Gasteiger partial charge in [0.15, 0.2) is 5.82 Å². The van der Waals surface area contributed by atoms with Crippen LogP contribution >= 0.6 is 0 Å². The number of hydrogen-bond donors (Lipinski definition) is 2. The quantitative estimate of drug-likeness (QED) is 0.748. The molecular weight excluding hydrogens is 200 g/mol. The first kappa shape index (κ1) is 9.27. The van der Waals surface area contributed by atoms with Crippen LogP contribution < -0.4 is 11.6 Å². The molecule has 3 rings (SSSR count). The lowest BCUT2D eigenvalue weighted by molar-refractivity contribution is 1.01. The van der Waals surface area contributed by atoms with E-state index >= 15 is 0 Å². The van der Waals surface area contributed by atoms with E-state index in [9.17, 15) is 0 Å². The van der Waals surface area contributed by atoms with Gasteiger partial charge in [-0.25, -0.2) is 9.66 Å². The highest BCUT2D eigenvalue weighted by Gasteiger charge is 2.27. The van der Waals surface area contributed by atoms with E-state index in [2.05, 4.69) is 23.2 Å². The third kappa shape index (κ3) is 1.34. The number of nitrogen functional groups attached to an aromatic ring is 2. The second-order valence-corrected chi connectivity index (χ2v) is 4.25. The molecule has 0 atom stereocenters. The zero-order valence-electron chi connectivity index (χ0n) is 8.93. The normalized spacial score (nSPS) is 15.2. The molecule has 1 fully saturated rings. The van der Waals surface area contributed by atoms with Gasteiger partial charge in [0.05, 0.1) is 0 Å². The van der Waals surface area contributed by atoms with Gasteiger partial charge in [-0.05, 0) is 24.3 Å². The van der Waals surface area contributed by atoms with Crippen molar-refractivity contribution in [2.24, 2.45) is 0 Å². The van der Waals surface area contributed by atoms with Crippen molar-refractivity contribution in [3.8, 4) is 11.3 Å². The average molecular weight is 214 g/mol. The van der Waals surface area contributed by atoms with Crippen LogP contribution in [0.1, 0.15) is 24.3 Å². The number of aromatic nitrogens is 2. The van der Waals surface area contributed by atoms with Crippen LogP contribution in [0.25, 0.3) is 11.3 Å². The van der Waals surface area contributed by atoms with Gasteiger partial charge in [-0.2, -0.15) is 0 Å².